The second-order valence-electron chi connectivity index (χ2n) is 6.66. The van der Waals surface area contributed by atoms with Crippen LogP contribution in [0, 0.1) is 5.92 Å². The van der Waals surface area contributed by atoms with Crippen LogP contribution in [0.15, 0.2) is 0 Å². The Kier molecular flexibility index (Phi) is 4.82. The van der Waals surface area contributed by atoms with Gasteiger partial charge in [0.2, 0.25) is 0 Å². The molecule has 1 saturated carbocycles. The lowest BCUT2D eigenvalue weighted by Gasteiger charge is -2.40. The van der Waals surface area contributed by atoms with E-state index in [0.29, 0.717) is 19.1 Å². The van der Waals surface area contributed by atoms with Gasteiger partial charge in [-0.2, -0.15) is 0 Å². The molecule has 21 heavy (non-hydrogen) atoms. The maximum atomic E-state index is 12.6. The van der Waals surface area contributed by atoms with Crippen molar-refractivity contribution < 1.29 is 19.0 Å². The number of ether oxygens (including phenoxy) is 3. The van der Waals surface area contributed by atoms with E-state index in [4.69, 9.17) is 14.2 Å². The monoisotopic (exact) mass is 297 g/mol. The van der Waals surface area contributed by atoms with Gasteiger partial charge in [-0.3, -0.25) is 4.79 Å². The minimum atomic E-state index is -0.213. The average Bonchev–Trinajstić information content (AvgIpc) is 3.13. The Bertz CT molecular complexity index is 367. The normalized spacial score (nSPS) is 36.2. The third-order valence-corrected chi connectivity index (χ3v) is 4.85. The molecule has 0 bridgehead atoms. The second-order valence-corrected chi connectivity index (χ2v) is 6.66. The summed E-state index contributed by atoms with van der Waals surface area (Å²) in [7, 11) is 0. The van der Waals surface area contributed by atoms with Crippen molar-refractivity contribution in [2.24, 2.45) is 5.92 Å². The van der Waals surface area contributed by atoms with E-state index in [1.807, 2.05) is 4.90 Å². The molecular formula is C16H27NO4. The van der Waals surface area contributed by atoms with Crippen LogP contribution in [0.3, 0.4) is 0 Å². The van der Waals surface area contributed by atoms with Gasteiger partial charge in [0.05, 0.1) is 31.5 Å². The molecule has 0 radical (unpaired) electrons. The zero-order valence-corrected chi connectivity index (χ0v) is 13.1. The van der Waals surface area contributed by atoms with Gasteiger partial charge < -0.3 is 19.1 Å². The van der Waals surface area contributed by atoms with Gasteiger partial charge in [-0.15, -0.1) is 0 Å². The number of hydrogen-bond donors (Lipinski definition) is 0. The molecule has 0 aromatic heterocycles. The van der Waals surface area contributed by atoms with E-state index >= 15 is 0 Å². The van der Waals surface area contributed by atoms with Crippen LogP contribution >= 0.6 is 0 Å². The molecule has 0 aromatic carbocycles. The Morgan fingerprint density at radius 1 is 1.24 bits per heavy atom. The molecule has 120 valence electrons. The van der Waals surface area contributed by atoms with Crippen LogP contribution in [-0.4, -0.2) is 61.5 Å². The fourth-order valence-electron chi connectivity index (χ4n) is 3.79. The highest BCUT2D eigenvalue weighted by molar-refractivity contribution is 5.81. The van der Waals surface area contributed by atoms with Crippen LogP contribution in [0.1, 0.15) is 39.5 Å². The van der Waals surface area contributed by atoms with Crippen molar-refractivity contribution in [2.75, 3.05) is 26.4 Å². The number of hydrogen-bond acceptors (Lipinski definition) is 4. The van der Waals surface area contributed by atoms with Gasteiger partial charge in [0, 0.05) is 19.1 Å². The summed E-state index contributed by atoms with van der Waals surface area (Å²) in [5.74, 6) is 0.591. The summed E-state index contributed by atoms with van der Waals surface area (Å²) in [6.07, 6.45) is 4.15. The minimum absolute atomic E-state index is 0.142. The molecule has 2 heterocycles. The number of carbonyl (C=O) groups is 1. The predicted molar refractivity (Wildman–Crippen MR) is 78.0 cm³/mol. The smallest absolute Gasteiger partial charge is 0.252 e. The Morgan fingerprint density at radius 3 is 2.81 bits per heavy atom. The van der Waals surface area contributed by atoms with Gasteiger partial charge in [0.1, 0.15) is 6.10 Å². The van der Waals surface area contributed by atoms with Crippen molar-refractivity contribution in [1.29, 1.82) is 0 Å². The van der Waals surface area contributed by atoms with Gasteiger partial charge >= 0.3 is 0 Å². The molecule has 1 amide bonds. The summed E-state index contributed by atoms with van der Waals surface area (Å²) in [5.41, 5.74) is 0. The van der Waals surface area contributed by atoms with E-state index in [2.05, 4.69) is 13.8 Å². The van der Waals surface area contributed by atoms with Gasteiger partial charge in [-0.05, 0) is 39.5 Å². The molecule has 4 atom stereocenters. The van der Waals surface area contributed by atoms with E-state index in [0.717, 1.165) is 38.9 Å². The Balaban J connectivity index is 1.61. The molecule has 2 aliphatic heterocycles. The molecule has 3 rings (SSSR count). The molecule has 5 heteroatoms. The van der Waals surface area contributed by atoms with Gasteiger partial charge in [-0.1, -0.05) is 0 Å². The second kappa shape index (κ2) is 6.63. The van der Waals surface area contributed by atoms with Gasteiger partial charge in [0.15, 0.2) is 0 Å². The summed E-state index contributed by atoms with van der Waals surface area (Å²) >= 11 is 0. The number of rotatable bonds is 4. The van der Waals surface area contributed by atoms with E-state index < -0.39 is 0 Å². The number of nitrogens with zero attached hydrogens (tertiary/aromatic N) is 1. The number of morpholine rings is 1. The van der Waals surface area contributed by atoms with Crippen LogP contribution < -0.4 is 0 Å². The number of amides is 1. The molecular weight excluding hydrogens is 270 g/mol. The van der Waals surface area contributed by atoms with E-state index in [1.165, 1.54) is 0 Å². The third kappa shape index (κ3) is 3.25. The lowest BCUT2D eigenvalue weighted by molar-refractivity contribution is -0.156. The van der Waals surface area contributed by atoms with E-state index in [9.17, 15) is 4.79 Å². The van der Waals surface area contributed by atoms with Crippen molar-refractivity contribution in [3.05, 3.63) is 0 Å². The van der Waals surface area contributed by atoms with Crippen LogP contribution in [0.5, 0.6) is 0 Å². The maximum absolute atomic E-state index is 12.6. The van der Waals surface area contributed by atoms with Gasteiger partial charge in [0.25, 0.3) is 5.91 Å². The maximum Gasteiger partial charge on any atom is 0.252 e. The molecule has 0 spiro atoms. The zero-order valence-electron chi connectivity index (χ0n) is 13.1. The Morgan fingerprint density at radius 2 is 2.10 bits per heavy atom. The first kappa shape index (κ1) is 15.3. The highest BCUT2D eigenvalue weighted by Crippen LogP contribution is 2.36. The van der Waals surface area contributed by atoms with Crippen LogP contribution in [0.2, 0.25) is 0 Å². The van der Waals surface area contributed by atoms with Crippen LogP contribution in [0.25, 0.3) is 0 Å². The van der Waals surface area contributed by atoms with Crippen molar-refractivity contribution >= 4 is 5.91 Å². The molecule has 2 saturated heterocycles. The van der Waals surface area contributed by atoms with Crippen molar-refractivity contribution in [3.63, 3.8) is 0 Å². The van der Waals surface area contributed by atoms with Crippen molar-refractivity contribution in [3.8, 4) is 0 Å². The van der Waals surface area contributed by atoms with E-state index in [1.54, 1.807) is 0 Å². The molecule has 0 unspecified atom stereocenters. The zero-order chi connectivity index (χ0) is 14.8. The largest absolute Gasteiger partial charge is 0.378 e. The first-order valence-electron chi connectivity index (χ1n) is 8.32. The highest BCUT2D eigenvalue weighted by Gasteiger charge is 2.45. The summed E-state index contributed by atoms with van der Waals surface area (Å²) in [6.45, 7) is 6.92. The average molecular weight is 297 g/mol. The molecule has 1 aliphatic carbocycles. The Labute approximate surface area is 126 Å². The van der Waals surface area contributed by atoms with Crippen molar-refractivity contribution in [2.45, 2.75) is 63.9 Å². The molecule has 0 N–H and O–H groups in total. The standard InChI is InChI=1S/C16H27NO4/c1-11(2)21-10-12-5-6-13-15(12)20-9-7-17(13)16(18)14-4-3-8-19-14/h11-15H,3-10H2,1-2H3/t12-,13+,14-,15-/m0/s1. The lowest BCUT2D eigenvalue weighted by Crippen LogP contribution is -2.55. The first-order valence-corrected chi connectivity index (χ1v) is 8.32. The molecule has 0 aromatic rings. The lowest BCUT2D eigenvalue weighted by atomic mass is 10.0. The summed E-state index contributed by atoms with van der Waals surface area (Å²) in [5, 5.41) is 0. The summed E-state index contributed by atoms with van der Waals surface area (Å²) in [4.78, 5) is 14.7. The number of carbonyl (C=O) groups excluding carboxylic acids is 1. The molecule has 3 aliphatic rings. The minimum Gasteiger partial charge on any atom is -0.378 e. The van der Waals surface area contributed by atoms with Crippen LogP contribution in [-0.2, 0) is 19.0 Å². The quantitative estimate of drug-likeness (QED) is 0.791. The van der Waals surface area contributed by atoms with E-state index in [-0.39, 0.29) is 30.3 Å². The van der Waals surface area contributed by atoms with Crippen molar-refractivity contribution in [1.82, 2.24) is 4.90 Å². The van der Waals surface area contributed by atoms with Crippen LogP contribution in [0.4, 0.5) is 0 Å². The number of fused-ring (bicyclic) bond motifs is 1. The topological polar surface area (TPSA) is 48.0 Å². The SMILES string of the molecule is CC(C)OC[C@@H]1CC[C@@H]2[C@H]1OCCN2C(=O)[C@@H]1CCCO1. The summed E-state index contributed by atoms with van der Waals surface area (Å²) in [6, 6.07) is 0.219. The third-order valence-electron chi connectivity index (χ3n) is 4.85. The predicted octanol–water partition coefficient (Wildman–Crippen LogP) is 1.60. The summed E-state index contributed by atoms with van der Waals surface area (Å²) < 4.78 is 17.3. The van der Waals surface area contributed by atoms with Gasteiger partial charge in [-0.25, -0.2) is 0 Å². The fraction of sp³-hybridized carbons (Fsp3) is 0.938. The molecule has 3 fully saturated rings. The highest BCUT2D eigenvalue weighted by atomic mass is 16.5. The molecule has 5 nitrogen and oxygen atoms in total. The Hall–Kier alpha value is -0.650. The first-order chi connectivity index (χ1) is 10.2. The fourth-order valence-corrected chi connectivity index (χ4v) is 3.79.